The van der Waals surface area contributed by atoms with Gasteiger partial charge in [0.25, 0.3) is 5.91 Å². The number of hydrogen-bond donors (Lipinski definition) is 0. The van der Waals surface area contributed by atoms with Crippen LogP contribution in [0.5, 0.6) is 5.75 Å². The number of rotatable bonds is 5. The van der Waals surface area contributed by atoms with Crippen molar-refractivity contribution >= 4 is 12.1 Å². The number of fused-ring (bicyclic) bond motifs is 4. The van der Waals surface area contributed by atoms with Crippen LogP contribution in [0, 0.1) is 0 Å². The van der Waals surface area contributed by atoms with E-state index in [9.17, 15) is 14.4 Å². The summed E-state index contributed by atoms with van der Waals surface area (Å²) in [5, 5.41) is 2.18. The molecule has 2 aliphatic heterocycles. The van der Waals surface area contributed by atoms with Gasteiger partial charge in [-0.3, -0.25) is 19.3 Å². The van der Waals surface area contributed by atoms with Crippen molar-refractivity contribution in [3.63, 3.8) is 0 Å². The van der Waals surface area contributed by atoms with Gasteiger partial charge in [-0.25, -0.2) is 4.79 Å². The molecule has 1 amide bonds. The molecular formula is C29H31N3O6. The molecule has 0 saturated heterocycles. The molecule has 2 aromatic carbocycles. The number of pyridine rings is 1. The van der Waals surface area contributed by atoms with Crippen LogP contribution in [0.4, 0.5) is 4.79 Å². The summed E-state index contributed by atoms with van der Waals surface area (Å²) in [6.45, 7) is 3.37. The molecule has 2 atom stereocenters. The molecule has 9 heteroatoms. The molecule has 0 bridgehead atoms. The van der Waals surface area contributed by atoms with Crippen LogP contribution in [0.15, 0.2) is 71.7 Å². The fourth-order valence-corrected chi connectivity index (χ4v) is 5.52. The lowest BCUT2D eigenvalue weighted by atomic mass is 9.88. The Hall–Kier alpha value is -4.27. The van der Waals surface area contributed by atoms with E-state index in [2.05, 4.69) is 40.1 Å². The topological polar surface area (TPSA) is 90.3 Å². The molecule has 5 rings (SSSR count). The van der Waals surface area contributed by atoms with Crippen molar-refractivity contribution in [2.45, 2.75) is 51.4 Å². The minimum absolute atomic E-state index is 0.0925. The maximum Gasteiger partial charge on any atom is 0.510 e. The van der Waals surface area contributed by atoms with Crippen LogP contribution in [0.2, 0.25) is 0 Å². The first kappa shape index (κ1) is 25.4. The van der Waals surface area contributed by atoms with Crippen LogP contribution in [0.1, 0.15) is 59.9 Å². The van der Waals surface area contributed by atoms with Crippen molar-refractivity contribution in [2.75, 3.05) is 18.9 Å². The minimum atomic E-state index is -0.949. The summed E-state index contributed by atoms with van der Waals surface area (Å²) in [7, 11) is 1.18. The van der Waals surface area contributed by atoms with E-state index >= 15 is 0 Å². The second kappa shape index (κ2) is 10.6. The lowest BCUT2D eigenvalue weighted by molar-refractivity contribution is 0.0125. The van der Waals surface area contributed by atoms with Gasteiger partial charge in [0.1, 0.15) is 6.17 Å². The standard InChI is InChI=1S/C29H31N3O6/c1-19(2)31-24-15-9-13-20-10-7-8-14-22(20)25(21-11-5-4-6-12-21)32(24)30-17-16-23(33)27(26(30)28(31)34)37-18-38-29(35)36-3/h4-8,10-12,14,16-17,19,24-25H,9,13,15,18H2,1-3H3/t24?,25-/m1/s1. The zero-order chi connectivity index (χ0) is 26.8. The molecule has 9 nitrogen and oxygen atoms in total. The smallest absolute Gasteiger partial charge is 0.451 e. The highest BCUT2D eigenvalue weighted by molar-refractivity contribution is 5.97. The van der Waals surface area contributed by atoms with Gasteiger partial charge < -0.3 is 19.1 Å². The highest BCUT2D eigenvalue weighted by Crippen LogP contribution is 2.40. The number of hydrogen-bond acceptors (Lipinski definition) is 7. The summed E-state index contributed by atoms with van der Waals surface area (Å²) in [5.74, 6) is -0.486. The van der Waals surface area contributed by atoms with Crippen LogP contribution in [-0.2, 0) is 15.9 Å². The Kier molecular flexibility index (Phi) is 7.09. The Morgan fingerprint density at radius 3 is 2.50 bits per heavy atom. The second-order valence-electron chi connectivity index (χ2n) is 9.63. The summed E-state index contributed by atoms with van der Waals surface area (Å²) in [4.78, 5) is 40.3. The van der Waals surface area contributed by atoms with Crippen molar-refractivity contribution < 1.29 is 23.8 Å². The molecule has 3 heterocycles. The quantitative estimate of drug-likeness (QED) is 0.370. The van der Waals surface area contributed by atoms with Crippen molar-refractivity contribution in [1.82, 2.24) is 9.58 Å². The summed E-state index contributed by atoms with van der Waals surface area (Å²) in [6, 6.07) is 19.5. The van der Waals surface area contributed by atoms with Gasteiger partial charge in [-0.2, -0.15) is 0 Å². The third-order valence-corrected chi connectivity index (χ3v) is 7.09. The van der Waals surface area contributed by atoms with E-state index in [0.29, 0.717) is 0 Å². The van der Waals surface area contributed by atoms with Crippen LogP contribution >= 0.6 is 0 Å². The lowest BCUT2D eigenvalue weighted by Gasteiger charge is -2.52. The number of benzene rings is 2. The lowest BCUT2D eigenvalue weighted by Crippen LogP contribution is -2.64. The van der Waals surface area contributed by atoms with Gasteiger partial charge in [0.05, 0.1) is 13.2 Å². The highest BCUT2D eigenvalue weighted by atomic mass is 16.8. The summed E-state index contributed by atoms with van der Waals surface area (Å²) >= 11 is 0. The second-order valence-corrected chi connectivity index (χ2v) is 9.63. The number of ether oxygens (including phenoxy) is 3. The van der Waals surface area contributed by atoms with Crippen molar-refractivity contribution in [3.05, 3.63) is 99.5 Å². The van der Waals surface area contributed by atoms with Gasteiger partial charge in [-0.05, 0) is 49.8 Å². The monoisotopic (exact) mass is 517 g/mol. The molecule has 2 aliphatic rings. The average molecular weight is 518 g/mol. The van der Waals surface area contributed by atoms with E-state index in [0.717, 1.165) is 30.4 Å². The van der Waals surface area contributed by atoms with Gasteiger partial charge in [0.2, 0.25) is 18.0 Å². The Balaban J connectivity index is 1.74. The Bertz CT molecular complexity index is 1390. The first-order valence-corrected chi connectivity index (χ1v) is 12.8. The Morgan fingerprint density at radius 1 is 1.03 bits per heavy atom. The fraction of sp³-hybridized carbons (Fsp3) is 0.345. The normalized spacial score (nSPS) is 18.6. The molecule has 0 N–H and O–H groups in total. The minimum Gasteiger partial charge on any atom is -0.451 e. The number of aryl methyl sites for hydroxylation is 1. The van der Waals surface area contributed by atoms with Gasteiger partial charge in [-0.1, -0.05) is 54.6 Å². The average Bonchev–Trinajstić information content (AvgIpc) is 2.91. The summed E-state index contributed by atoms with van der Waals surface area (Å²) in [5.41, 5.74) is 3.06. The molecule has 3 aromatic rings. The SMILES string of the molecule is COC(=O)OCOc1c2n(ccc1=O)N1C(CCCc3ccccc3[C@H]1c1ccccc1)N(C(C)C)C2=O. The Labute approximate surface area is 221 Å². The number of aromatic nitrogens is 1. The maximum absolute atomic E-state index is 14.1. The highest BCUT2D eigenvalue weighted by Gasteiger charge is 2.45. The van der Waals surface area contributed by atoms with Crippen LogP contribution in [0.3, 0.4) is 0 Å². The first-order chi connectivity index (χ1) is 18.4. The van der Waals surface area contributed by atoms with Crippen molar-refractivity contribution in [3.8, 4) is 5.75 Å². The fourth-order valence-electron chi connectivity index (χ4n) is 5.52. The third kappa shape index (κ3) is 4.49. The predicted molar refractivity (Wildman–Crippen MR) is 141 cm³/mol. The van der Waals surface area contributed by atoms with Crippen LogP contribution in [0.25, 0.3) is 0 Å². The van der Waals surface area contributed by atoms with Crippen molar-refractivity contribution in [2.24, 2.45) is 0 Å². The molecule has 0 spiro atoms. The zero-order valence-electron chi connectivity index (χ0n) is 21.7. The molecule has 0 radical (unpaired) electrons. The van der Waals surface area contributed by atoms with Crippen molar-refractivity contribution in [1.29, 1.82) is 0 Å². The molecule has 1 unspecified atom stereocenters. The number of nitrogens with zero attached hydrogens (tertiary/aromatic N) is 3. The number of methoxy groups -OCH3 is 1. The van der Waals surface area contributed by atoms with Gasteiger partial charge >= 0.3 is 6.16 Å². The molecular weight excluding hydrogens is 486 g/mol. The van der Waals surface area contributed by atoms with E-state index in [-0.39, 0.29) is 35.6 Å². The van der Waals surface area contributed by atoms with E-state index in [1.165, 1.54) is 18.7 Å². The van der Waals surface area contributed by atoms with E-state index in [4.69, 9.17) is 9.47 Å². The van der Waals surface area contributed by atoms with Crippen LogP contribution < -0.4 is 15.2 Å². The number of carbonyl (C=O) groups is 2. The number of carbonyl (C=O) groups excluding carboxylic acids is 2. The zero-order valence-corrected chi connectivity index (χ0v) is 21.7. The molecule has 0 fully saturated rings. The third-order valence-electron chi connectivity index (χ3n) is 7.09. The largest absolute Gasteiger partial charge is 0.510 e. The molecule has 0 aliphatic carbocycles. The Morgan fingerprint density at radius 2 is 1.76 bits per heavy atom. The molecule has 1 aromatic heterocycles. The summed E-state index contributed by atoms with van der Waals surface area (Å²) in [6.07, 6.45) is 2.95. The van der Waals surface area contributed by atoms with Gasteiger partial charge in [0, 0.05) is 18.3 Å². The summed E-state index contributed by atoms with van der Waals surface area (Å²) < 4.78 is 16.7. The molecule has 38 heavy (non-hydrogen) atoms. The van der Waals surface area contributed by atoms with E-state index < -0.39 is 18.4 Å². The van der Waals surface area contributed by atoms with Gasteiger partial charge in [-0.15, -0.1) is 0 Å². The van der Waals surface area contributed by atoms with E-state index in [1.54, 1.807) is 10.9 Å². The molecule has 0 saturated carbocycles. The number of amides is 1. The first-order valence-electron chi connectivity index (χ1n) is 12.8. The maximum atomic E-state index is 14.1. The molecule has 198 valence electrons. The van der Waals surface area contributed by atoms with Gasteiger partial charge in [0.15, 0.2) is 5.69 Å². The van der Waals surface area contributed by atoms with Crippen LogP contribution in [-0.4, -0.2) is 47.7 Å². The van der Waals surface area contributed by atoms with E-state index in [1.807, 2.05) is 43.0 Å². The predicted octanol–water partition coefficient (Wildman–Crippen LogP) is 4.22.